The number of benzene rings is 1. The molecule has 0 amide bonds. The van der Waals surface area contributed by atoms with Crippen LogP contribution >= 0.6 is 11.6 Å². The van der Waals surface area contributed by atoms with Crippen LogP contribution in [0.15, 0.2) is 24.4 Å². The minimum absolute atomic E-state index is 0.0496. The summed E-state index contributed by atoms with van der Waals surface area (Å²) in [7, 11) is 0. The third-order valence-electron chi connectivity index (χ3n) is 1.93. The maximum Gasteiger partial charge on any atom is 0.124 e. The van der Waals surface area contributed by atoms with Crippen LogP contribution in [-0.4, -0.2) is 10.8 Å². The third-order valence-corrected chi connectivity index (χ3v) is 2.17. The highest BCUT2D eigenvalue weighted by molar-refractivity contribution is 6.31. The first-order valence-electron chi connectivity index (χ1n) is 3.79. The standard InChI is InChI=1S/C9H8ClN3/c10-5-1-2-8-6(3-5)7(4-13-8)9(11)12/h1-4,13H,(H3,11,12). The first-order valence-corrected chi connectivity index (χ1v) is 4.17. The fraction of sp³-hybridized carbons (Fsp3) is 0. The molecule has 0 aliphatic carbocycles. The molecule has 0 saturated heterocycles. The molecule has 0 bridgehead atoms. The van der Waals surface area contributed by atoms with Crippen LogP contribution in [0.1, 0.15) is 5.56 Å². The number of nitrogens with one attached hydrogen (secondary N) is 2. The molecule has 13 heavy (non-hydrogen) atoms. The molecule has 4 N–H and O–H groups in total. The molecule has 0 unspecified atom stereocenters. The molecule has 0 aliphatic heterocycles. The molecule has 0 saturated carbocycles. The molecular weight excluding hydrogens is 186 g/mol. The van der Waals surface area contributed by atoms with E-state index >= 15 is 0 Å². The smallest absolute Gasteiger partial charge is 0.124 e. The molecule has 4 heteroatoms. The molecule has 0 atom stereocenters. The minimum Gasteiger partial charge on any atom is -0.384 e. The zero-order valence-electron chi connectivity index (χ0n) is 6.76. The lowest BCUT2D eigenvalue weighted by molar-refractivity contribution is 1.41. The van der Waals surface area contributed by atoms with E-state index in [0.717, 1.165) is 10.9 Å². The fourth-order valence-electron chi connectivity index (χ4n) is 1.32. The van der Waals surface area contributed by atoms with Gasteiger partial charge in [0.15, 0.2) is 0 Å². The van der Waals surface area contributed by atoms with Gasteiger partial charge in [0.2, 0.25) is 0 Å². The Bertz CT molecular complexity index is 473. The molecule has 0 radical (unpaired) electrons. The normalized spacial score (nSPS) is 10.5. The van der Waals surface area contributed by atoms with Crippen LogP contribution in [-0.2, 0) is 0 Å². The van der Waals surface area contributed by atoms with Crippen molar-refractivity contribution >= 4 is 28.3 Å². The van der Waals surface area contributed by atoms with Gasteiger partial charge in [0, 0.05) is 27.7 Å². The van der Waals surface area contributed by atoms with Gasteiger partial charge < -0.3 is 10.7 Å². The number of aromatic nitrogens is 1. The van der Waals surface area contributed by atoms with Crippen LogP contribution in [0.4, 0.5) is 0 Å². The van der Waals surface area contributed by atoms with Crippen molar-refractivity contribution in [2.24, 2.45) is 5.73 Å². The van der Waals surface area contributed by atoms with Crippen LogP contribution in [0.3, 0.4) is 0 Å². The Morgan fingerprint density at radius 3 is 2.92 bits per heavy atom. The molecule has 0 fully saturated rings. The number of H-pyrrole nitrogens is 1. The first kappa shape index (κ1) is 8.13. The summed E-state index contributed by atoms with van der Waals surface area (Å²) < 4.78 is 0. The Kier molecular flexibility index (Phi) is 1.74. The molecule has 2 aromatic rings. The maximum atomic E-state index is 7.32. The molecule has 0 aliphatic rings. The van der Waals surface area contributed by atoms with E-state index in [1.807, 2.05) is 6.07 Å². The predicted molar refractivity (Wildman–Crippen MR) is 54.3 cm³/mol. The minimum atomic E-state index is 0.0496. The molecule has 0 spiro atoms. The van der Waals surface area contributed by atoms with Gasteiger partial charge in [-0.1, -0.05) is 11.6 Å². The van der Waals surface area contributed by atoms with E-state index < -0.39 is 0 Å². The summed E-state index contributed by atoms with van der Waals surface area (Å²) in [5.74, 6) is 0.0496. The van der Waals surface area contributed by atoms with Gasteiger partial charge in [0.25, 0.3) is 0 Å². The highest BCUT2D eigenvalue weighted by Crippen LogP contribution is 2.21. The van der Waals surface area contributed by atoms with Crippen LogP contribution in [0, 0.1) is 5.41 Å². The van der Waals surface area contributed by atoms with E-state index in [2.05, 4.69) is 4.98 Å². The summed E-state index contributed by atoms with van der Waals surface area (Å²) in [6.07, 6.45) is 1.71. The summed E-state index contributed by atoms with van der Waals surface area (Å²) in [6, 6.07) is 5.46. The lowest BCUT2D eigenvalue weighted by Gasteiger charge is -1.95. The Labute approximate surface area is 80.0 Å². The summed E-state index contributed by atoms with van der Waals surface area (Å²) in [5, 5.41) is 8.86. The first-order chi connectivity index (χ1) is 6.18. The molecule has 1 aromatic heterocycles. The van der Waals surface area contributed by atoms with Gasteiger partial charge in [-0.15, -0.1) is 0 Å². The third kappa shape index (κ3) is 1.27. The Balaban J connectivity index is 2.79. The second-order valence-corrected chi connectivity index (χ2v) is 3.24. The molecule has 66 valence electrons. The number of hydrogen-bond acceptors (Lipinski definition) is 1. The van der Waals surface area contributed by atoms with Gasteiger partial charge in [-0.05, 0) is 18.2 Å². The van der Waals surface area contributed by atoms with Gasteiger partial charge in [-0.2, -0.15) is 0 Å². The summed E-state index contributed by atoms with van der Waals surface area (Å²) >= 11 is 5.83. The Hall–Kier alpha value is -1.48. The molecule has 1 aromatic carbocycles. The van der Waals surface area contributed by atoms with Crippen LogP contribution in [0.25, 0.3) is 10.9 Å². The van der Waals surface area contributed by atoms with Crippen molar-refractivity contribution in [1.29, 1.82) is 5.41 Å². The van der Waals surface area contributed by atoms with Gasteiger partial charge in [-0.25, -0.2) is 0 Å². The lowest BCUT2D eigenvalue weighted by Crippen LogP contribution is -2.09. The van der Waals surface area contributed by atoms with E-state index in [1.54, 1.807) is 18.3 Å². The van der Waals surface area contributed by atoms with Gasteiger partial charge in [-0.3, -0.25) is 5.41 Å². The average Bonchev–Trinajstić information content (AvgIpc) is 2.46. The number of aromatic amines is 1. The van der Waals surface area contributed by atoms with Crippen molar-refractivity contribution < 1.29 is 0 Å². The van der Waals surface area contributed by atoms with Crippen LogP contribution in [0.5, 0.6) is 0 Å². The Morgan fingerprint density at radius 1 is 1.46 bits per heavy atom. The van der Waals surface area contributed by atoms with Crippen molar-refractivity contribution in [3.8, 4) is 0 Å². The van der Waals surface area contributed by atoms with E-state index in [-0.39, 0.29) is 5.84 Å². The number of hydrogen-bond donors (Lipinski definition) is 3. The van der Waals surface area contributed by atoms with Crippen molar-refractivity contribution in [3.05, 3.63) is 35.0 Å². The number of nitrogen functional groups attached to an aromatic ring is 1. The molecule has 3 nitrogen and oxygen atoms in total. The van der Waals surface area contributed by atoms with Crippen molar-refractivity contribution in [1.82, 2.24) is 4.98 Å². The van der Waals surface area contributed by atoms with Gasteiger partial charge in [0.05, 0.1) is 0 Å². The average molecular weight is 194 g/mol. The molecular formula is C9H8ClN3. The highest BCUT2D eigenvalue weighted by Gasteiger charge is 2.05. The number of fused-ring (bicyclic) bond motifs is 1. The van der Waals surface area contributed by atoms with Crippen molar-refractivity contribution in [2.75, 3.05) is 0 Å². The SMILES string of the molecule is N=C(N)c1c[nH]c2ccc(Cl)cc12. The second kappa shape index (κ2) is 2.78. The van der Waals surface area contributed by atoms with Crippen molar-refractivity contribution in [3.63, 3.8) is 0 Å². The van der Waals surface area contributed by atoms with E-state index in [4.69, 9.17) is 22.7 Å². The topological polar surface area (TPSA) is 65.7 Å². The summed E-state index contributed by atoms with van der Waals surface area (Å²) in [5.41, 5.74) is 7.03. The zero-order chi connectivity index (χ0) is 9.42. The molecule has 2 rings (SSSR count). The lowest BCUT2D eigenvalue weighted by atomic mass is 10.1. The van der Waals surface area contributed by atoms with E-state index in [1.165, 1.54) is 0 Å². The largest absolute Gasteiger partial charge is 0.384 e. The van der Waals surface area contributed by atoms with Crippen LogP contribution in [0.2, 0.25) is 5.02 Å². The number of nitrogens with two attached hydrogens (primary N) is 1. The zero-order valence-corrected chi connectivity index (χ0v) is 7.52. The van der Waals surface area contributed by atoms with E-state index in [9.17, 15) is 0 Å². The summed E-state index contributed by atoms with van der Waals surface area (Å²) in [6.45, 7) is 0. The second-order valence-electron chi connectivity index (χ2n) is 2.81. The van der Waals surface area contributed by atoms with Crippen molar-refractivity contribution in [2.45, 2.75) is 0 Å². The van der Waals surface area contributed by atoms with E-state index in [0.29, 0.717) is 10.6 Å². The van der Waals surface area contributed by atoms with Gasteiger partial charge in [0.1, 0.15) is 5.84 Å². The number of amidine groups is 1. The monoisotopic (exact) mass is 193 g/mol. The van der Waals surface area contributed by atoms with Gasteiger partial charge >= 0.3 is 0 Å². The summed E-state index contributed by atoms with van der Waals surface area (Å²) in [4.78, 5) is 3.02. The maximum absolute atomic E-state index is 7.32. The fourth-order valence-corrected chi connectivity index (χ4v) is 1.49. The number of rotatable bonds is 1. The number of halogens is 1. The Morgan fingerprint density at radius 2 is 2.23 bits per heavy atom. The molecule has 1 heterocycles. The van der Waals surface area contributed by atoms with Crippen LogP contribution < -0.4 is 5.73 Å². The predicted octanol–water partition coefficient (Wildman–Crippen LogP) is 2.11. The highest BCUT2D eigenvalue weighted by atomic mass is 35.5. The quantitative estimate of drug-likeness (QED) is 0.471.